The first-order valence-corrected chi connectivity index (χ1v) is 4.11. The van der Waals surface area contributed by atoms with Gasteiger partial charge in [-0.05, 0) is 6.92 Å². The lowest BCUT2D eigenvalue weighted by molar-refractivity contribution is -0.149. The zero-order valence-corrected chi connectivity index (χ0v) is 8.02. The van der Waals surface area contributed by atoms with Crippen molar-refractivity contribution in [2.24, 2.45) is 0 Å². The molecule has 0 aliphatic heterocycles. The summed E-state index contributed by atoms with van der Waals surface area (Å²) in [6.07, 6.45) is 0.871. The molecule has 0 aromatic rings. The van der Waals surface area contributed by atoms with E-state index in [-0.39, 0.29) is 12.2 Å². The van der Waals surface area contributed by atoms with E-state index in [1.54, 1.807) is 6.92 Å². The Morgan fingerprint density at radius 3 is 2.36 bits per heavy atom. The van der Waals surface area contributed by atoms with Crippen molar-refractivity contribution in [2.45, 2.75) is 26.4 Å². The third-order valence-corrected chi connectivity index (χ3v) is 1.46. The Bertz CT molecular complexity index is 266. The Morgan fingerprint density at radius 2 is 1.93 bits per heavy atom. The summed E-state index contributed by atoms with van der Waals surface area (Å²) in [4.78, 5) is 31.8. The van der Waals surface area contributed by atoms with Crippen LogP contribution >= 0.6 is 0 Å². The molecule has 1 unspecified atom stereocenters. The maximum absolute atomic E-state index is 11.0. The Balaban J connectivity index is 4.07. The van der Waals surface area contributed by atoms with Gasteiger partial charge in [0.1, 0.15) is 0 Å². The van der Waals surface area contributed by atoms with Crippen LogP contribution in [-0.2, 0) is 19.1 Å². The van der Waals surface area contributed by atoms with Crippen LogP contribution in [0.4, 0.5) is 0 Å². The number of carbonyl (C=O) groups excluding carboxylic acids is 2. The zero-order valence-electron chi connectivity index (χ0n) is 8.02. The lowest BCUT2D eigenvalue weighted by Crippen LogP contribution is -2.22. The normalized spacial score (nSPS) is 12.4. The average Bonchev–Trinajstić information content (AvgIpc) is 2.13. The largest absolute Gasteiger partial charge is 0.478 e. The molecule has 0 heterocycles. The van der Waals surface area contributed by atoms with Crippen LogP contribution in [0.1, 0.15) is 20.3 Å². The highest BCUT2D eigenvalue weighted by molar-refractivity contribution is 5.92. The summed E-state index contributed by atoms with van der Waals surface area (Å²) >= 11 is 0. The van der Waals surface area contributed by atoms with Crippen LogP contribution in [0.25, 0.3) is 0 Å². The molecule has 0 amide bonds. The second kappa shape index (κ2) is 5.90. The monoisotopic (exact) mass is 200 g/mol. The lowest BCUT2D eigenvalue weighted by atomic mass is 10.2. The summed E-state index contributed by atoms with van der Waals surface area (Å²) in [6.45, 7) is 3.10. The van der Waals surface area contributed by atoms with Crippen molar-refractivity contribution in [3.05, 3.63) is 12.2 Å². The molecule has 1 atom stereocenters. The molecular weight excluding hydrogens is 188 g/mol. The van der Waals surface area contributed by atoms with Gasteiger partial charge in [-0.1, -0.05) is 6.92 Å². The third kappa shape index (κ3) is 5.08. The molecule has 5 nitrogen and oxygen atoms in total. The fourth-order valence-electron chi connectivity index (χ4n) is 0.706. The first-order valence-electron chi connectivity index (χ1n) is 4.11. The van der Waals surface area contributed by atoms with Crippen LogP contribution in [0.3, 0.4) is 0 Å². The molecule has 0 saturated carbocycles. The number of esters is 1. The minimum atomic E-state index is -1.24. The average molecular weight is 200 g/mol. The molecular formula is C9H12O5. The van der Waals surface area contributed by atoms with Crippen LogP contribution < -0.4 is 0 Å². The van der Waals surface area contributed by atoms with E-state index in [9.17, 15) is 14.4 Å². The maximum Gasteiger partial charge on any atom is 0.331 e. The molecule has 0 bridgehead atoms. The smallest absolute Gasteiger partial charge is 0.331 e. The molecule has 0 aromatic heterocycles. The van der Waals surface area contributed by atoms with Gasteiger partial charge in [0, 0.05) is 18.6 Å². The maximum atomic E-state index is 11.0. The lowest BCUT2D eigenvalue weighted by Gasteiger charge is -2.08. The summed E-state index contributed by atoms with van der Waals surface area (Å²) < 4.78 is 4.61. The number of carboxylic acids is 1. The third-order valence-electron chi connectivity index (χ3n) is 1.46. The molecule has 0 spiro atoms. The van der Waals surface area contributed by atoms with Gasteiger partial charge in [-0.25, -0.2) is 9.59 Å². The Labute approximate surface area is 81.4 Å². The highest BCUT2D eigenvalue weighted by Gasteiger charge is 2.13. The van der Waals surface area contributed by atoms with Gasteiger partial charge in [0.15, 0.2) is 11.9 Å². The van der Waals surface area contributed by atoms with Crippen molar-refractivity contribution in [3.8, 4) is 0 Å². The molecule has 0 saturated heterocycles. The van der Waals surface area contributed by atoms with E-state index in [0.717, 1.165) is 6.08 Å². The van der Waals surface area contributed by atoms with Crippen LogP contribution in [0.15, 0.2) is 12.2 Å². The number of ether oxygens (including phenoxy) is 1. The number of aliphatic carboxylic acids is 1. The molecule has 0 rings (SSSR count). The van der Waals surface area contributed by atoms with E-state index in [1.807, 2.05) is 0 Å². The van der Waals surface area contributed by atoms with Gasteiger partial charge in [0.2, 0.25) is 0 Å². The van der Waals surface area contributed by atoms with Gasteiger partial charge >= 0.3 is 11.9 Å². The summed E-state index contributed by atoms with van der Waals surface area (Å²) in [5.74, 6) is -2.28. The molecule has 0 aromatic carbocycles. The van der Waals surface area contributed by atoms with Crippen LogP contribution in [-0.4, -0.2) is 28.9 Å². The Hall–Kier alpha value is -1.65. The van der Waals surface area contributed by atoms with Crippen LogP contribution in [0.2, 0.25) is 0 Å². The van der Waals surface area contributed by atoms with Crippen LogP contribution in [0.5, 0.6) is 0 Å². The SMILES string of the molecule is CCC(=O)C(C)OC(=O)/C=C/C(=O)O. The van der Waals surface area contributed by atoms with Crippen molar-refractivity contribution in [1.29, 1.82) is 0 Å². The summed E-state index contributed by atoms with van der Waals surface area (Å²) in [5, 5.41) is 8.19. The van der Waals surface area contributed by atoms with Crippen molar-refractivity contribution in [3.63, 3.8) is 0 Å². The molecule has 78 valence electrons. The minimum absolute atomic E-state index is 0.206. The second-order valence-electron chi connectivity index (χ2n) is 2.57. The van der Waals surface area contributed by atoms with Gasteiger partial charge in [0.25, 0.3) is 0 Å². The highest BCUT2D eigenvalue weighted by Crippen LogP contribution is 1.97. The highest BCUT2D eigenvalue weighted by atomic mass is 16.5. The van der Waals surface area contributed by atoms with E-state index in [1.165, 1.54) is 6.92 Å². The van der Waals surface area contributed by atoms with Crippen molar-refractivity contribution in [1.82, 2.24) is 0 Å². The zero-order chi connectivity index (χ0) is 11.1. The quantitative estimate of drug-likeness (QED) is 0.517. The number of Topliss-reactive ketones (excluding diaryl/α,β-unsaturated/α-hetero) is 1. The summed E-state index contributed by atoms with van der Waals surface area (Å²) in [6, 6.07) is 0. The standard InChI is InChI=1S/C9H12O5/c1-3-7(10)6(2)14-9(13)5-4-8(11)12/h4-6H,3H2,1-2H3,(H,11,12)/b5-4+. The number of hydrogen-bond acceptors (Lipinski definition) is 4. The first kappa shape index (κ1) is 12.3. The minimum Gasteiger partial charge on any atom is -0.478 e. The number of carboxylic acid groups (broad SMARTS) is 1. The van der Waals surface area contributed by atoms with E-state index in [0.29, 0.717) is 6.08 Å². The first-order chi connectivity index (χ1) is 6.47. The molecule has 1 N–H and O–H groups in total. The summed E-state index contributed by atoms with van der Waals surface area (Å²) in [5.41, 5.74) is 0. The topological polar surface area (TPSA) is 80.7 Å². The van der Waals surface area contributed by atoms with Gasteiger partial charge in [-0.3, -0.25) is 4.79 Å². The molecule has 14 heavy (non-hydrogen) atoms. The van der Waals surface area contributed by atoms with E-state index in [2.05, 4.69) is 4.74 Å². The van der Waals surface area contributed by atoms with Crippen molar-refractivity contribution < 1.29 is 24.2 Å². The molecule has 0 aliphatic rings. The molecule has 5 heteroatoms. The van der Waals surface area contributed by atoms with E-state index < -0.39 is 18.0 Å². The van der Waals surface area contributed by atoms with Gasteiger partial charge in [-0.2, -0.15) is 0 Å². The second-order valence-corrected chi connectivity index (χ2v) is 2.57. The fourth-order valence-corrected chi connectivity index (χ4v) is 0.706. The Morgan fingerprint density at radius 1 is 1.36 bits per heavy atom. The van der Waals surface area contributed by atoms with Gasteiger partial charge in [-0.15, -0.1) is 0 Å². The molecule has 0 radical (unpaired) electrons. The van der Waals surface area contributed by atoms with E-state index >= 15 is 0 Å². The van der Waals surface area contributed by atoms with Gasteiger partial charge < -0.3 is 9.84 Å². The summed E-state index contributed by atoms with van der Waals surface area (Å²) in [7, 11) is 0. The number of hydrogen-bond donors (Lipinski definition) is 1. The van der Waals surface area contributed by atoms with Crippen molar-refractivity contribution in [2.75, 3.05) is 0 Å². The van der Waals surface area contributed by atoms with E-state index in [4.69, 9.17) is 5.11 Å². The number of rotatable bonds is 5. The predicted molar refractivity (Wildman–Crippen MR) is 47.6 cm³/mol. The van der Waals surface area contributed by atoms with Gasteiger partial charge in [0.05, 0.1) is 0 Å². The molecule has 0 aliphatic carbocycles. The fraction of sp³-hybridized carbons (Fsp3) is 0.444. The number of ketones is 1. The van der Waals surface area contributed by atoms with Crippen LogP contribution in [0, 0.1) is 0 Å². The number of carbonyl (C=O) groups is 3. The molecule has 0 fully saturated rings. The Kier molecular flexibility index (Phi) is 5.21. The predicted octanol–water partition coefficient (Wildman–Crippen LogP) is 0.538. The van der Waals surface area contributed by atoms with Crippen molar-refractivity contribution >= 4 is 17.7 Å².